The molecule has 0 spiro atoms. The molecule has 0 aliphatic rings. The Morgan fingerprint density at radius 2 is 1.20 bits per heavy atom. The summed E-state index contributed by atoms with van der Waals surface area (Å²) in [7, 11) is 0. The molecule has 5 heteroatoms. The van der Waals surface area contributed by atoms with Gasteiger partial charge in [0, 0.05) is 38.1 Å². The predicted octanol–water partition coefficient (Wildman–Crippen LogP) is -6.96. The van der Waals surface area contributed by atoms with Gasteiger partial charge in [0.1, 0.15) is 0 Å². The van der Waals surface area contributed by atoms with E-state index in [2.05, 4.69) is 0 Å². The molecule has 0 unspecified atom stereocenters. The molecule has 0 aromatic carbocycles. The van der Waals surface area contributed by atoms with E-state index in [-0.39, 0.29) is 194 Å². The Bertz CT molecular complexity index is 17.7. The first kappa shape index (κ1) is 30.6. The van der Waals surface area contributed by atoms with Crippen LogP contribution in [-0.4, -0.2) is 26.2 Å². The normalized spacial score (nSPS) is 0. The third kappa shape index (κ3) is 17.8. The molecule has 5 heavy (non-hydrogen) atoms. The molecule has 29 valence electrons. The zero-order valence-electron chi connectivity index (χ0n) is 5.42. The summed E-state index contributed by atoms with van der Waals surface area (Å²) in [5.41, 5.74) is 0. The van der Waals surface area contributed by atoms with Gasteiger partial charge in [-0.1, -0.05) is 0 Å². The largest absolute Gasteiger partial charge is 1.00 e. The summed E-state index contributed by atoms with van der Waals surface area (Å²) in [6.07, 6.45) is 0. The van der Waals surface area contributed by atoms with Crippen LogP contribution in [0.15, 0.2) is 0 Å². The second-order valence-corrected chi connectivity index (χ2v) is 0. The molecule has 0 heterocycles. The molecular formula is H5BiCsCuRbW. The Morgan fingerprint density at radius 1 is 1.20 bits per heavy atom. The van der Waals surface area contributed by atoms with Crippen molar-refractivity contribution in [2.24, 2.45) is 0 Å². The third-order valence-electron chi connectivity index (χ3n) is 0. The van der Waals surface area contributed by atoms with Crippen LogP contribution in [0.3, 0.4) is 0 Å². The van der Waals surface area contributed by atoms with Crippen molar-refractivity contribution in [2.45, 2.75) is 0 Å². The van der Waals surface area contributed by atoms with Crippen molar-refractivity contribution in [1.82, 2.24) is 0 Å². The molecule has 0 aliphatic carbocycles. The van der Waals surface area contributed by atoms with Gasteiger partial charge in [-0.3, -0.25) is 0 Å². The van der Waals surface area contributed by atoms with Gasteiger partial charge in [0.2, 0.25) is 0 Å². The average Bonchev–Trinajstić information content (AvgIpc) is 0. The second-order valence-electron chi connectivity index (χ2n) is 0. The molecule has 0 saturated carbocycles. The molecular weight excluding hydrogens is 675 g/mol. The Labute approximate surface area is 187 Å². The predicted molar refractivity (Wildman–Crippen MR) is 12.2 cm³/mol. The van der Waals surface area contributed by atoms with E-state index >= 15 is 0 Å². The number of hydrogen-bond acceptors (Lipinski definition) is 0. The molecule has 0 bridgehead atoms. The van der Waals surface area contributed by atoms with Gasteiger partial charge in [-0.15, -0.1) is 0 Å². The first-order valence-corrected chi connectivity index (χ1v) is 0. The maximum absolute atomic E-state index is 0. The molecule has 0 N–H and O–H groups in total. The smallest absolute Gasteiger partial charge is 1.00 e. The van der Waals surface area contributed by atoms with Gasteiger partial charge in [-0.2, -0.15) is 0 Å². The fourth-order valence-corrected chi connectivity index (χ4v) is 0. The molecule has 0 aromatic rings. The van der Waals surface area contributed by atoms with Crippen molar-refractivity contribution >= 4 is 26.2 Å². The van der Waals surface area contributed by atoms with Gasteiger partial charge in [0.15, 0.2) is 0 Å². The van der Waals surface area contributed by atoms with E-state index in [1.165, 1.54) is 0 Å². The quantitative estimate of drug-likeness (QED) is 0.224. The summed E-state index contributed by atoms with van der Waals surface area (Å²) >= 11 is 0. The standard InChI is InChI=1S/Bi.Cs.Cu.Rb.W.5H/q;+1;;+1;;;;;2*-1. The van der Waals surface area contributed by atoms with E-state index in [4.69, 9.17) is 0 Å². The van der Waals surface area contributed by atoms with Crippen molar-refractivity contribution in [3.8, 4) is 0 Å². The van der Waals surface area contributed by atoms with Gasteiger partial charge < -0.3 is 2.85 Å². The van der Waals surface area contributed by atoms with Crippen molar-refractivity contribution in [3.05, 3.63) is 0 Å². The number of hydrogen-bond donors (Lipinski definition) is 0. The van der Waals surface area contributed by atoms with Crippen molar-refractivity contribution in [3.63, 3.8) is 0 Å². The van der Waals surface area contributed by atoms with Crippen LogP contribution in [-0.2, 0) is 38.1 Å². The minimum atomic E-state index is 0. The summed E-state index contributed by atoms with van der Waals surface area (Å²) in [6, 6.07) is 0. The van der Waals surface area contributed by atoms with E-state index in [0.29, 0.717) is 0 Å². The monoisotopic (exact) mass is 679 g/mol. The molecule has 0 rings (SSSR count). The summed E-state index contributed by atoms with van der Waals surface area (Å²) in [5.74, 6) is 0. The molecule has 0 atom stereocenters. The maximum Gasteiger partial charge on any atom is 1.00 e. The fraction of sp³-hybridized carbons (Fsp3) is 0. The van der Waals surface area contributed by atoms with E-state index in [1.807, 2.05) is 0 Å². The molecule has 0 nitrogen and oxygen atoms in total. The van der Waals surface area contributed by atoms with Gasteiger partial charge in [0.05, 0.1) is 0 Å². The Hall–Kier alpha value is 5.95. The van der Waals surface area contributed by atoms with Gasteiger partial charge >= 0.3 is 153 Å². The van der Waals surface area contributed by atoms with E-state index < -0.39 is 0 Å². The Balaban J connectivity index is 0. The van der Waals surface area contributed by atoms with E-state index in [1.54, 1.807) is 0 Å². The fourth-order valence-electron chi connectivity index (χ4n) is 0. The zero-order chi connectivity index (χ0) is 0. The van der Waals surface area contributed by atoms with Crippen LogP contribution >= 0.6 is 0 Å². The van der Waals surface area contributed by atoms with Crippen molar-refractivity contribution < 1.29 is 168 Å². The molecule has 0 fully saturated rings. The van der Waals surface area contributed by atoms with Gasteiger partial charge in [-0.05, 0) is 0 Å². The topological polar surface area (TPSA) is 0 Å². The molecule has 0 saturated heterocycles. The van der Waals surface area contributed by atoms with E-state index in [0.717, 1.165) is 0 Å². The van der Waals surface area contributed by atoms with Crippen LogP contribution in [0.1, 0.15) is 2.85 Å². The summed E-state index contributed by atoms with van der Waals surface area (Å²) < 4.78 is 0. The summed E-state index contributed by atoms with van der Waals surface area (Å²) in [6.45, 7) is 0. The molecule has 1 radical (unpaired) electrons. The summed E-state index contributed by atoms with van der Waals surface area (Å²) in [4.78, 5) is 0. The van der Waals surface area contributed by atoms with Crippen LogP contribution in [0.5, 0.6) is 0 Å². The van der Waals surface area contributed by atoms with Crippen LogP contribution < -0.4 is 127 Å². The SMILES string of the molecule is [BiH3].[Cs+].[Cu].[H-].[H-].[Rb+].[W]. The van der Waals surface area contributed by atoms with E-state index in [9.17, 15) is 0 Å². The minimum Gasteiger partial charge on any atom is -1.00 e. The van der Waals surface area contributed by atoms with Crippen molar-refractivity contribution in [1.29, 1.82) is 0 Å². The van der Waals surface area contributed by atoms with Crippen LogP contribution in [0.2, 0.25) is 0 Å². The van der Waals surface area contributed by atoms with Crippen LogP contribution in [0, 0.1) is 0 Å². The number of rotatable bonds is 0. The van der Waals surface area contributed by atoms with Gasteiger partial charge in [-0.25, -0.2) is 0 Å². The molecule has 0 aliphatic heterocycles. The average molecular weight is 680 g/mol. The second kappa shape index (κ2) is 22.5. The minimum absolute atomic E-state index is 0. The molecule has 0 amide bonds. The zero-order valence-corrected chi connectivity index (χ0v) is 24.0. The first-order valence-electron chi connectivity index (χ1n) is 0. The first-order chi connectivity index (χ1) is 0. The van der Waals surface area contributed by atoms with Gasteiger partial charge in [0.25, 0.3) is 0 Å². The Morgan fingerprint density at radius 3 is 1.20 bits per heavy atom. The maximum atomic E-state index is 0. The third-order valence-corrected chi connectivity index (χ3v) is 0. The Kier molecular flexibility index (Phi) is 138. The van der Waals surface area contributed by atoms with Crippen LogP contribution in [0.25, 0.3) is 0 Å². The van der Waals surface area contributed by atoms with Crippen molar-refractivity contribution in [2.75, 3.05) is 0 Å². The van der Waals surface area contributed by atoms with Crippen LogP contribution in [0.4, 0.5) is 0 Å². The summed E-state index contributed by atoms with van der Waals surface area (Å²) in [5, 5.41) is 0. The molecule has 0 aromatic heterocycles.